The number of nitrogens with zero attached hydrogens (tertiary/aromatic N) is 1. The number of aliphatic carboxylic acids is 1. The summed E-state index contributed by atoms with van der Waals surface area (Å²) >= 11 is 0. The smallest absolute Gasteiger partial charge is 0.326 e. The Morgan fingerprint density at radius 2 is 2.03 bits per heavy atom. The number of benzene rings is 1. The standard InChI is InChI=1S/C29H38N2O8/c1-16(2)13-19(27(35)36)30-22(33)5-4-6-23(34)38-20-9-10-29(37)21-14-17-7-8-18(15-32)25-24(17)28(29,26(20)39-25)11-12-31(21)3/h7-9,16,19,21,26,32,37H,4-6,10-15H2,1-3H3,(H,30,33)(H,35,36)/t19-,21+,26-,28-,29+/m0/s1. The average molecular weight is 543 g/mol. The fraction of sp³-hybridized carbons (Fsp3) is 0.621. The zero-order chi connectivity index (χ0) is 28.1. The van der Waals surface area contributed by atoms with Crippen molar-refractivity contribution in [2.24, 2.45) is 5.92 Å². The molecule has 4 aliphatic rings. The highest BCUT2D eigenvalue weighted by molar-refractivity contribution is 5.83. The second kappa shape index (κ2) is 10.2. The zero-order valence-corrected chi connectivity index (χ0v) is 22.7. The van der Waals surface area contributed by atoms with Gasteiger partial charge in [-0.3, -0.25) is 9.59 Å². The SMILES string of the molecule is CC(C)C[C@H](NC(=O)CCCC(=O)OC1=CC[C@@]2(O)[C@H]3Cc4ccc(CO)c5c4[C@@]2(CCN3C)[C@H]1O5)C(=O)O. The first-order valence-corrected chi connectivity index (χ1v) is 13.8. The largest absolute Gasteiger partial charge is 0.481 e. The van der Waals surface area contributed by atoms with Crippen LogP contribution in [0.5, 0.6) is 5.75 Å². The Bertz CT molecular complexity index is 1210. The van der Waals surface area contributed by atoms with Crippen LogP contribution in [0, 0.1) is 5.92 Å². The first-order valence-electron chi connectivity index (χ1n) is 13.8. The minimum Gasteiger partial charge on any atom is -0.481 e. The molecule has 2 heterocycles. The molecule has 2 aliphatic heterocycles. The minimum absolute atomic E-state index is 0.00230. The number of carboxylic acid groups (broad SMARTS) is 1. The van der Waals surface area contributed by atoms with E-state index in [1.807, 2.05) is 33.0 Å². The number of carboxylic acids is 1. The number of likely N-dealkylation sites (N-methyl/N-ethyl adjacent to an activating group) is 1. The molecule has 10 nitrogen and oxygen atoms in total. The summed E-state index contributed by atoms with van der Waals surface area (Å²) < 4.78 is 12.3. The predicted molar refractivity (Wildman–Crippen MR) is 140 cm³/mol. The zero-order valence-electron chi connectivity index (χ0n) is 22.7. The van der Waals surface area contributed by atoms with Crippen molar-refractivity contribution in [1.82, 2.24) is 10.2 Å². The third kappa shape index (κ3) is 4.42. The number of carbonyl (C=O) groups is 3. The van der Waals surface area contributed by atoms with Crippen LogP contribution in [0.3, 0.4) is 0 Å². The van der Waals surface area contributed by atoms with Crippen LogP contribution >= 0.6 is 0 Å². The number of carbonyl (C=O) groups excluding carboxylic acids is 2. The van der Waals surface area contributed by atoms with Gasteiger partial charge in [0.15, 0.2) is 6.10 Å². The fourth-order valence-corrected chi connectivity index (χ4v) is 7.17. The Morgan fingerprint density at radius 3 is 2.72 bits per heavy atom. The molecule has 1 amide bonds. The fourth-order valence-electron chi connectivity index (χ4n) is 7.17. The molecule has 0 radical (unpaired) electrons. The van der Waals surface area contributed by atoms with Gasteiger partial charge in [0.1, 0.15) is 17.6 Å². The lowest BCUT2D eigenvalue weighted by molar-refractivity contribution is -0.169. The Morgan fingerprint density at radius 1 is 1.26 bits per heavy atom. The van der Waals surface area contributed by atoms with Crippen LogP contribution in [0.1, 0.15) is 69.1 Å². The van der Waals surface area contributed by atoms with Crippen molar-refractivity contribution in [2.45, 2.75) is 94.6 Å². The van der Waals surface area contributed by atoms with Crippen LogP contribution in [0.25, 0.3) is 0 Å². The summed E-state index contributed by atoms with van der Waals surface area (Å²) in [6.07, 6.45) is 3.15. The Hall–Kier alpha value is -2.95. The topological polar surface area (TPSA) is 146 Å². The molecular weight excluding hydrogens is 504 g/mol. The molecule has 39 heavy (non-hydrogen) atoms. The van der Waals surface area contributed by atoms with Crippen LogP contribution in [0.15, 0.2) is 24.0 Å². The maximum Gasteiger partial charge on any atom is 0.326 e. The Kier molecular flexibility index (Phi) is 7.24. The molecule has 2 aliphatic carbocycles. The summed E-state index contributed by atoms with van der Waals surface area (Å²) in [5.74, 6) is -0.974. The van der Waals surface area contributed by atoms with E-state index in [1.54, 1.807) is 6.08 Å². The Labute approximate surface area is 228 Å². The van der Waals surface area contributed by atoms with Gasteiger partial charge in [-0.1, -0.05) is 26.0 Å². The van der Waals surface area contributed by atoms with E-state index in [4.69, 9.17) is 9.47 Å². The predicted octanol–water partition coefficient (Wildman–Crippen LogP) is 1.79. The third-order valence-electron chi connectivity index (χ3n) is 8.98. The molecule has 1 aromatic rings. The number of likely N-dealkylation sites (tertiary alicyclic amines) is 1. The van der Waals surface area contributed by atoms with Crippen LogP contribution in [-0.4, -0.2) is 75.4 Å². The van der Waals surface area contributed by atoms with Gasteiger partial charge in [-0.05, 0) is 56.8 Å². The molecule has 5 atom stereocenters. The third-order valence-corrected chi connectivity index (χ3v) is 8.98. The maximum atomic E-state index is 12.9. The van der Waals surface area contributed by atoms with Gasteiger partial charge in [0.05, 0.1) is 17.6 Å². The Balaban J connectivity index is 1.29. The summed E-state index contributed by atoms with van der Waals surface area (Å²) in [6.45, 7) is 4.32. The van der Waals surface area contributed by atoms with E-state index in [1.165, 1.54) is 0 Å². The summed E-state index contributed by atoms with van der Waals surface area (Å²) in [4.78, 5) is 38.8. The number of aliphatic hydroxyl groups excluding tert-OH is 1. The van der Waals surface area contributed by atoms with Gasteiger partial charge in [-0.15, -0.1) is 0 Å². The first kappa shape index (κ1) is 27.6. The van der Waals surface area contributed by atoms with E-state index >= 15 is 0 Å². The lowest BCUT2D eigenvalue weighted by Gasteiger charge is -2.61. The highest BCUT2D eigenvalue weighted by Gasteiger charge is 2.71. The number of rotatable bonds is 10. The number of ether oxygens (including phenoxy) is 2. The second-order valence-electron chi connectivity index (χ2n) is 11.8. The second-order valence-corrected chi connectivity index (χ2v) is 11.8. The van der Waals surface area contributed by atoms with Gasteiger partial charge in [0, 0.05) is 36.4 Å². The number of aliphatic hydroxyl groups is 2. The van der Waals surface area contributed by atoms with Crippen molar-refractivity contribution in [2.75, 3.05) is 13.6 Å². The highest BCUT2D eigenvalue weighted by Crippen LogP contribution is 2.64. The molecule has 0 aromatic heterocycles. The molecule has 0 unspecified atom stereocenters. The normalized spacial score (nSPS) is 29.2. The lowest BCUT2D eigenvalue weighted by atomic mass is 9.50. The van der Waals surface area contributed by atoms with Gasteiger partial charge in [0.2, 0.25) is 5.91 Å². The number of hydrogen-bond acceptors (Lipinski definition) is 8. The first-order chi connectivity index (χ1) is 18.5. The molecule has 10 heteroatoms. The monoisotopic (exact) mass is 542 g/mol. The van der Waals surface area contributed by atoms with Crippen molar-refractivity contribution in [3.8, 4) is 5.75 Å². The van der Waals surface area contributed by atoms with E-state index in [2.05, 4.69) is 10.2 Å². The quantitative estimate of drug-likeness (QED) is 0.325. The summed E-state index contributed by atoms with van der Waals surface area (Å²) in [5, 5.41) is 34.1. The van der Waals surface area contributed by atoms with Crippen LogP contribution in [0.2, 0.25) is 0 Å². The number of amides is 1. The minimum atomic E-state index is -1.11. The molecule has 1 fully saturated rings. The van der Waals surface area contributed by atoms with E-state index in [-0.39, 0.29) is 37.8 Å². The summed E-state index contributed by atoms with van der Waals surface area (Å²) in [6, 6.07) is 2.79. The molecule has 1 saturated heterocycles. The highest BCUT2D eigenvalue weighted by atomic mass is 16.6. The van der Waals surface area contributed by atoms with Crippen molar-refractivity contribution in [1.29, 1.82) is 0 Å². The molecule has 4 N–H and O–H groups in total. The van der Waals surface area contributed by atoms with Crippen LogP contribution < -0.4 is 10.1 Å². The average Bonchev–Trinajstić information content (AvgIpc) is 3.23. The van der Waals surface area contributed by atoms with Crippen LogP contribution in [0.4, 0.5) is 0 Å². The molecule has 5 rings (SSSR count). The molecule has 1 aromatic carbocycles. The summed E-state index contributed by atoms with van der Waals surface area (Å²) in [7, 11) is 2.02. The van der Waals surface area contributed by atoms with E-state index < -0.39 is 41.0 Å². The van der Waals surface area contributed by atoms with E-state index in [0.717, 1.165) is 17.7 Å². The van der Waals surface area contributed by atoms with Gasteiger partial charge in [0.25, 0.3) is 0 Å². The molecule has 212 valence electrons. The van der Waals surface area contributed by atoms with Crippen molar-refractivity contribution in [3.63, 3.8) is 0 Å². The van der Waals surface area contributed by atoms with Gasteiger partial charge >= 0.3 is 11.9 Å². The number of nitrogens with one attached hydrogen (secondary N) is 1. The van der Waals surface area contributed by atoms with Crippen molar-refractivity contribution in [3.05, 3.63) is 40.7 Å². The van der Waals surface area contributed by atoms with E-state index in [0.29, 0.717) is 42.8 Å². The molecule has 1 spiro atoms. The lowest BCUT2D eigenvalue weighted by Crippen LogP contribution is -2.74. The van der Waals surface area contributed by atoms with Gasteiger partial charge in [-0.2, -0.15) is 0 Å². The molecule has 0 saturated carbocycles. The maximum absolute atomic E-state index is 12.9. The van der Waals surface area contributed by atoms with Crippen molar-refractivity contribution < 1.29 is 39.2 Å². The van der Waals surface area contributed by atoms with Crippen molar-refractivity contribution >= 4 is 17.8 Å². The number of hydrogen-bond donors (Lipinski definition) is 4. The van der Waals surface area contributed by atoms with Gasteiger partial charge < -0.3 is 35.0 Å². The van der Waals surface area contributed by atoms with Gasteiger partial charge in [-0.25, -0.2) is 4.79 Å². The molecular formula is C29H38N2O8. The number of piperidine rings is 1. The summed E-state index contributed by atoms with van der Waals surface area (Å²) in [5.41, 5.74) is 0.762. The van der Waals surface area contributed by atoms with E-state index in [9.17, 15) is 29.7 Å². The van der Waals surface area contributed by atoms with Crippen LogP contribution in [-0.2, 0) is 37.6 Å². The molecule has 2 bridgehead atoms. The number of esters is 1.